The molecule has 0 N–H and O–H groups in total. The Hall–Kier alpha value is -4.06. The average molecular weight is 421 g/mol. The molecule has 2 atom stereocenters. The number of benzene rings is 3. The summed E-state index contributed by atoms with van der Waals surface area (Å²) in [4.78, 5) is 44.6. The zero-order valence-corrected chi connectivity index (χ0v) is 17.6. The molecule has 6 rings (SSSR count). The van der Waals surface area contributed by atoms with Crippen molar-refractivity contribution in [1.29, 1.82) is 0 Å². The average Bonchev–Trinajstić information content (AvgIpc) is 3.12. The number of ketones is 1. The Kier molecular flexibility index (Phi) is 3.78. The van der Waals surface area contributed by atoms with Crippen molar-refractivity contribution >= 4 is 28.1 Å². The molecule has 0 amide bonds. The Bertz CT molecular complexity index is 1620. The monoisotopic (exact) mass is 421 g/mol. The molecule has 0 spiro atoms. The molecule has 1 aliphatic carbocycles. The topological polar surface area (TPSA) is 73.4 Å². The molecule has 1 aromatic heterocycles. The summed E-state index contributed by atoms with van der Waals surface area (Å²) < 4.78 is 2.51. The van der Waals surface area contributed by atoms with Crippen LogP contribution in [0.3, 0.4) is 0 Å². The van der Waals surface area contributed by atoms with Crippen molar-refractivity contribution in [1.82, 2.24) is 9.13 Å². The van der Waals surface area contributed by atoms with E-state index >= 15 is 0 Å². The van der Waals surface area contributed by atoms with Gasteiger partial charge in [-0.15, -0.1) is 0 Å². The summed E-state index contributed by atoms with van der Waals surface area (Å²) in [6.45, 7) is 0. The quantitative estimate of drug-likeness (QED) is 0.473. The Morgan fingerprint density at radius 1 is 0.750 bits per heavy atom. The van der Waals surface area contributed by atoms with E-state index in [1.165, 1.54) is 11.6 Å². The third kappa shape index (κ3) is 2.29. The number of aliphatic imine (C=N–C) groups is 1. The van der Waals surface area contributed by atoms with Crippen LogP contribution >= 0.6 is 0 Å². The molecule has 0 fully saturated rings. The Labute approximate surface area is 183 Å². The van der Waals surface area contributed by atoms with Crippen LogP contribution in [0.4, 0.5) is 5.82 Å². The Morgan fingerprint density at radius 3 is 2.25 bits per heavy atom. The molecular weight excluding hydrogens is 402 g/mol. The summed E-state index contributed by atoms with van der Waals surface area (Å²) in [5, 5.41) is 2.01. The van der Waals surface area contributed by atoms with Crippen LogP contribution in [0, 0.1) is 5.92 Å². The Morgan fingerprint density at radius 2 is 1.44 bits per heavy atom. The van der Waals surface area contributed by atoms with Crippen molar-refractivity contribution in [2.45, 2.75) is 5.92 Å². The molecule has 3 aromatic carbocycles. The summed E-state index contributed by atoms with van der Waals surface area (Å²) in [5.41, 5.74) is 2.43. The van der Waals surface area contributed by atoms with Gasteiger partial charge in [-0.3, -0.25) is 18.7 Å². The van der Waals surface area contributed by atoms with Crippen molar-refractivity contribution in [3.05, 3.63) is 110 Å². The van der Waals surface area contributed by atoms with Crippen molar-refractivity contribution in [2.75, 3.05) is 0 Å². The molecule has 1 aliphatic heterocycles. The zero-order valence-electron chi connectivity index (χ0n) is 17.6. The van der Waals surface area contributed by atoms with Crippen LogP contribution in [0.5, 0.6) is 0 Å². The summed E-state index contributed by atoms with van der Waals surface area (Å²) in [6.07, 6.45) is 0. The van der Waals surface area contributed by atoms with E-state index in [0.717, 1.165) is 26.5 Å². The maximum atomic E-state index is 13.7. The van der Waals surface area contributed by atoms with Gasteiger partial charge in [0.15, 0.2) is 5.78 Å². The number of carbonyl (C=O) groups is 1. The number of hydrogen-bond acceptors (Lipinski definition) is 4. The van der Waals surface area contributed by atoms with Gasteiger partial charge in [-0.1, -0.05) is 66.7 Å². The van der Waals surface area contributed by atoms with Crippen molar-refractivity contribution < 1.29 is 4.79 Å². The van der Waals surface area contributed by atoms with Crippen LogP contribution in [-0.4, -0.2) is 20.6 Å². The van der Waals surface area contributed by atoms with Gasteiger partial charge in [0.2, 0.25) is 0 Å². The second kappa shape index (κ2) is 6.47. The van der Waals surface area contributed by atoms with Gasteiger partial charge in [-0.05, 0) is 16.3 Å². The van der Waals surface area contributed by atoms with E-state index in [9.17, 15) is 14.4 Å². The highest BCUT2D eigenvalue weighted by molar-refractivity contribution is 6.30. The first-order valence-corrected chi connectivity index (χ1v) is 10.5. The van der Waals surface area contributed by atoms with Gasteiger partial charge < -0.3 is 0 Å². The standard InChI is InChI=1S/C26H19N3O3/c1-28-24-21(25(31)29(2)26(28)32)19(16-13-7-9-14-8-3-4-10-15(14)16)20-22(27-24)17-11-5-6-12-18(17)23(20)30/h3-13,19-20H,1-2H3/t19-,20-/m1/s1. The molecule has 0 saturated carbocycles. The SMILES string of the molecule is Cn1c2c(c(=O)n(C)c1=O)[C@H](c1cccc3ccccc13)[C@H]1C(=O)c3ccccc3C1=N2. The third-order valence-electron chi connectivity index (χ3n) is 6.74. The summed E-state index contributed by atoms with van der Waals surface area (Å²) in [7, 11) is 3.09. The minimum Gasteiger partial charge on any atom is -0.293 e. The van der Waals surface area contributed by atoms with E-state index in [1.54, 1.807) is 13.1 Å². The lowest BCUT2D eigenvalue weighted by Gasteiger charge is -2.30. The Balaban J connectivity index is 1.78. The molecular formula is C26H19N3O3. The summed E-state index contributed by atoms with van der Waals surface area (Å²) in [5.74, 6) is -0.879. The number of nitrogens with zero attached hydrogens (tertiary/aromatic N) is 3. The minimum atomic E-state index is -0.615. The highest BCUT2D eigenvalue weighted by Crippen LogP contribution is 2.47. The maximum Gasteiger partial charge on any atom is 0.332 e. The largest absolute Gasteiger partial charge is 0.332 e. The van der Waals surface area contributed by atoms with E-state index in [0.29, 0.717) is 22.7 Å². The van der Waals surface area contributed by atoms with Gasteiger partial charge in [-0.2, -0.15) is 0 Å². The van der Waals surface area contributed by atoms with Gasteiger partial charge >= 0.3 is 5.69 Å². The van der Waals surface area contributed by atoms with Crippen LogP contribution in [0.25, 0.3) is 10.8 Å². The van der Waals surface area contributed by atoms with Gasteiger partial charge in [-0.25, -0.2) is 9.79 Å². The molecule has 0 unspecified atom stereocenters. The van der Waals surface area contributed by atoms with Crippen molar-refractivity contribution in [3.63, 3.8) is 0 Å². The smallest absolute Gasteiger partial charge is 0.293 e. The van der Waals surface area contributed by atoms with Crippen molar-refractivity contribution in [3.8, 4) is 0 Å². The number of carbonyl (C=O) groups excluding carboxylic acids is 1. The minimum absolute atomic E-state index is 0.0427. The van der Waals surface area contributed by atoms with Gasteiger partial charge in [0.1, 0.15) is 5.82 Å². The maximum absolute atomic E-state index is 13.7. The molecule has 0 bridgehead atoms. The van der Waals surface area contributed by atoms with Gasteiger partial charge in [0, 0.05) is 31.1 Å². The molecule has 0 saturated heterocycles. The lowest BCUT2D eigenvalue weighted by Crippen LogP contribution is -2.43. The van der Waals surface area contributed by atoms with Crippen molar-refractivity contribution in [2.24, 2.45) is 25.0 Å². The van der Waals surface area contributed by atoms with Crippen LogP contribution in [0.15, 0.2) is 81.3 Å². The fraction of sp³-hybridized carbons (Fsp3) is 0.154. The molecule has 32 heavy (non-hydrogen) atoms. The van der Waals surface area contributed by atoms with E-state index in [4.69, 9.17) is 4.99 Å². The second-order valence-electron chi connectivity index (χ2n) is 8.37. The first kappa shape index (κ1) is 18.7. The molecule has 2 aliphatic rings. The molecule has 6 nitrogen and oxygen atoms in total. The van der Waals surface area contributed by atoms with Crippen LogP contribution in [-0.2, 0) is 14.1 Å². The van der Waals surface area contributed by atoms with E-state index < -0.39 is 23.1 Å². The van der Waals surface area contributed by atoms with E-state index in [2.05, 4.69) is 0 Å². The third-order valence-corrected chi connectivity index (χ3v) is 6.74. The first-order chi connectivity index (χ1) is 15.5. The highest BCUT2D eigenvalue weighted by atomic mass is 16.2. The number of Topliss-reactive ketones (excluding diaryl/α,β-unsaturated/α-hetero) is 1. The number of fused-ring (bicyclic) bond motifs is 5. The van der Waals surface area contributed by atoms with Crippen LogP contribution in [0.1, 0.15) is 33.0 Å². The van der Waals surface area contributed by atoms with Crippen LogP contribution in [0.2, 0.25) is 0 Å². The fourth-order valence-corrected chi connectivity index (χ4v) is 5.22. The molecule has 156 valence electrons. The second-order valence-corrected chi connectivity index (χ2v) is 8.37. The van der Waals surface area contributed by atoms with Crippen LogP contribution < -0.4 is 11.2 Å². The normalized spacial score (nSPS) is 18.8. The molecule has 0 radical (unpaired) electrons. The molecule has 6 heteroatoms. The fourth-order valence-electron chi connectivity index (χ4n) is 5.22. The first-order valence-electron chi connectivity index (χ1n) is 10.5. The van der Waals surface area contributed by atoms with E-state index in [-0.39, 0.29) is 5.78 Å². The summed E-state index contributed by atoms with van der Waals surface area (Å²) in [6, 6.07) is 21.3. The molecule has 2 heterocycles. The molecule has 4 aromatic rings. The van der Waals surface area contributed by atoms with E-state index in [1.807, 2.05) is 60.7 Å². The predicted octanol–water partition coefficient (Wildman–Crippen LogP) is 3.32. The van der Waals surface area contributed by atoms with Gasteiger partial charge in [0.05, 0.1) is 17.2 Å². The highest BCUT2D eigenvalue weighted by Gasteiger charge is 2.48. The lowest BCUT2D eigenvalue weighted by molar-refractivity contribution is 0.0953. The zero-order chi connectivity index (χ0) is 22.1. The number of aromatic nitrogens is 2. The predicted molar refractivity (Wildman–Crippen MR) is 123 cm³/mol. The van der Waals surface area contributed by atoms with Gasteiger partial charge in [0.25, 0.3) is 5.56 Å². The number of rotatable bonds is 1. The number of hydrogen-bond donors (Lipinski definition) is 0. The summed E-state index contributed by atoms with van der Waals surface area (Å²) >= 11 is 0. The lowest BCUT2D eigenvalue weighted by atomic mass is 9.75.